The summed E-state index contributed by atoms with van der Waals surface area (Å²) in [5.74, 6) is 0.00689. The fourth-order valence-electron chi connectivity index (χ4n) is 3.38. The minimum Gasteiger partial charge on any atom is -0.504 e. The smallest absolute Gasteiger partial charge is 0.262 e. The molecule has 1 amide bonds. The van der Waals surface area contributed by atoms with Crippen LogP contribution in [0.5, 0.6) is 17.2 Å². The maximum absolute atomic E-state index is 13.3. The van der Waals surface area contributed by atoms with Crippen molar-refractivity contribution in [2.75, 3.05) is 16.8 Å². The highest BCUT2D eigenvalue weighted by atomic mass is 16.5. The molecule has 0 spiro atoms. The number of aromatic hydroxyl groups is 2. The van der Waals surface area contributed by atoms with Gasteiger partial charge in [0.25, 0.3) is 5.91 Å². The van der Waals surface area contributed by atoms with Crippen LogP contribution in [0.15, 0.2) is 66.7 Å². The van der Waals surface area contributed by atoms with Crippen LogP contribution in [-0.4, -0.2) is 22.7 Å². The number of para-hydroxylation sites is 2. The lowest BCUT2D eigenvalue weighted by Gasteiger charge is -2.38. The van der Waals surface area contributed by atoms with E-state index in [1.807, 2.05) is 19.1 Å². The third-order valence-corrected chi connectivity index (χ3v) is 4.69. The number of fused-ring (bicyclic) bond motifs is 1. The number of rotatable bonds is 4. The van der Waals surface area contributed by atoms with Crippen LogP contribution in [-0.2, 0) is 0 Å². The molecule has 4 rings (SSSR count). The number of carbonyl (C=O) groups is 1. The Morgan fingerprint density at radius 3 is 2.50 bits per heavy atom. The fraction of sp³-hybridized carbons (Fsp3) is 0.136. The van der Waals surface area contributed by atoms with Gasteiger partial charge in [0, 0.05) is 16.9 Å². The van der Waals surface area contributed by atoms with Gasteiger partial charge in [0.2, 0.25) is 0 Å². The van der Waals surface area contributed by atoms with Crippen molar-refractivity contribution in [3.05, 3.63) is 77.9 Å². The van der Waals surface area contributed by atoms with E-state index in [9.17, 15) is 15.0 Å². The Kier molecular flexibility index (Phi) is 4.53. The predicted octanol–water partition coefficient (Wildman–Crippen LogP) is 4.27. The van der Waals surface area contributed by atoms with Crippen LogP contribution in [0.1, 0.15) is 29.0 Å². The van der Waals surface area contributed by atoms with Gasteiger partial charge < -0.3 is 20.3 Å². The Bertz CT molecular complexity index is 1020. The molecule has 0 radical (unpaired) electrons. The Morgan fingerprint density at radius 2 is 1.75 bits per heavy atom. The topological polar surface area (TPSA) is 82.0 Å². The third kappa shape index (κ3) is 2.99. The summed E-state index contributed by atoms with van der Waals surface area (Å²) in [4.78, 5) is 14.9. The van der Waals surface area contributed by atoms with Gasteiger partial charge in [0.1, 0.15) is 11.9 Å². The zero-order chi connectivity index (χ0) is 19.7. The zero-order valence-electron chi connectivity index (χ0n) is 15.3. The second-order valence-corrected chi connectivity index (χ2v) is 6.41. The molecule has 1 aliphatic rings. The second-order valence-electron chi connectivity index (χ2n) is 6.41. The Morgan fingerprint density at radius 1 is 1.00 bits per heavy atom. The van der Waals surface area contributed by atoms with E-state index < -0.39 is 6.17 Å². The lowest BCUT2D eigenvalue weighted by molar-refractivity contribution is 0.0974. The van der Waals surface area contributed by atoms with Crippen LogP contribution in [0.3, 0.4) is 0 Å². The molecule has 0 unspecified atom stereocenters. The van der Waals surface area contributed by atoms with Gasteiger partial charge in [0.15, 0.2) is 11.5 Å². The lowest BCUT2D eigenvalue weighted by atomic mass is 10.0. The molecule has 1 aliphatic heterocycles. The van der Waals surface area contributed by atoms with E-state index in [1.54, 1.807) is 53.4 Å². The van der Waals surface area contributed by atoms with Gasteiger partial charge in [-0.15, -0.1) is 0 Å². The monoisotopic (exact) mass is 376 g/mol. The molecular weight excluding hydrogens is 356 g/mol. The van der Waals surface area contributed by atoms with E-state index in [4.69, 9.17) is 4.74 Å². The van der Waals surface area contributed by atoms with Crippen LogP contribution in [0.25, 0.3) is 0 Å². The Balaban J connectivity index is 1.84. The van der Waals surface area contributed by atoms with E-state index in [2.05, 4.69) is 5.32 Å². The van der Waals surface area contributed by atoms with Crippen molar-refractivity contribution in [1.29, 1.82) is 0 Å². The molecule has 1 heterocycles. The molecule has 3 N–H and O–H groups in total. The number of carbonyl (C=O) groups excluding carboxylic acids is 1. The van der Waals surface area contributed by atoms with Gasteiger partial charge in [-0.1, -0.05) is 24.3 Å². The second kappa shape index (κ2) is 7.15. The number of nitrogens with zero attached hydrogens (tertiary/aromatic N) is 1. The molecule has 6 nitrogen and oxygen atoms in total. The summed E-state index contributed by atoms with van der Waals surface area (Å²) in [7, 11) is 0. The van der Waals surface area contributed by atoms with Crippen molar-refractivity contribution in [3.8, 4) is 17.2 Å². The maximum Gasteiger partial charge on any atom is 0.262 e. The number of benzene rings is 3. The molecule has 3 aromatic carbocycles. The molecule has 0 aromatic heterocycles. The Hall–Kier alpha value is -3.67. The summed E-state index contributed by atoms with van der Waals surface area (Å²) in [5.41, 5.74) is 2.25. The maximum atomic E-state index is 13.3. The van der Waals surface area contributed by atoms with Crippen molar-refractivity contribution < 1.29 is 19.7 Å². The lowest BCUT2D eigenvalue weighted by Crippen LogP contribution is -2.43. The van der Waals surface area contributed by atoms with E-state index >= 15 is 0 Å². The third-order valence-electron chi connectivity index (χ3n) is 4.69. The molecule has 6 heteroatoms. The number of anilines is 2. The van der Waals surface area contributed by atoms with Crippen LogP contribution in [0.4, 0.5) is 11.4 Å². The Labute approximate surface area is 162 Å². The first-order chi connectivity index (χ1) is 13.6. The largest absolute Gasteiger partial charge is 0.504 e. The van der Waals surface area contributed by atoms with Crippen molar-refractivity contribution in [3.63, 3.8) is 0 Å². The highest BCUT2D eigenvalue weighted by Crippen LogP contribution is 2.41. The number of amides is 1. The quantitative estimate of drug-likeness (QED) is 0.593. The first-order valence-corrected chi connectivity index (χ1v) is 9.03. The molecule has 28 heavy (non-hydrogen) atoms. The van der Waals surface area contributed by atoms with E-state index in [0.29, 0.717) is 34.9 Å². The SMILES string of the molecule is CCOc1ccc(N2C(=O)c3ccccc3N[C@@H]2c2cccc(O)c2O)cc1. The molecule has 142 valence electrons. The summed E-state index contributed by atoms with van der Waals surface area (Å²) in [5, 5.41) is 23.7. The van der Waals surface area contributed by atoms with Gasteiger partial charge in [-0.25, -0.2) is 0 Å². The highest BCUT2D eigenvalue weighted by Gasteiger charge is 2.35. The molecule has 0 saturated carbocycles. The van der Waals surface area contributed by atoms with E-state index in [1.165, 1.54) is 6.07 Å². The van der Waals surface area contributed by atoms with Gasteiger partial charge in [-0.05, 0) is 49.4 Å². The molecule has 1 atom stereocenters. The fourth-order valence-corrected chi connectivity index (χ4v) is 3.38. The van der Waals surface area contributed by atoms with Crippen molar-refractivity contribution in [2.24, 2.45) is 0 Å². The normalized spacial score (nSPS) is 15.7. The summed E-state index contributed by atoms with van der Waals surface area (Å²) in [6.45, 7) is 2.46. The first-order valence-electron chi connectivity index (χ1n) is 9.03. The first kappa shape index (κ1) is 17.7. The van der Waals surface area contributed by atoms with E-state index in [-0.39, 0.29) is 17.4 Å². The average molecular weight is 376 g/mol. The van der Waals surface area contributed by atoms with E-state index in [0.717, 1.165) is 0 Å². The molecular formula is C22H20N2O4. The van der Waals surface area contributed by atoms with Gasteiger partial charge in [0.05, 0.1) is 12.2 Å². The van der Waals surface area contributed by atoms with Gasteiger partial charge in [-0.3, -0.25) is 9.69 Å². The molecule has 0 saturated heterocycles. The molecule has 0 fully saturated rings. The van der Waals surface area contributed by atoms with Crippen molar-refractivity contribution in [1.82, 2.24) is 0 Å². The van der Waals surface area contributed by atoms with Gasteiger partial charge >= 0.3 is 0 Å². The van der Waals surface area contributed by atoms with Crippen LogP contribution >= 0.6 is 0 Å². The highest BCUT2D eigenvalue weighted by molar-refractivity contribution is 6.12. The van der Waals surface area contributed by atoms with Crippen molar-refractivity contribution >= 4 is 17.3 Å². The molecule has 0 bridgehead atoms. The number of ether oxygens (including phenoxy) is 1. The number of phenols is 2. The number of nitrogens with one attached hydrogen (secondary N) is 1. The summed E-state index contributed by atoms with van der Waals surface area (Å²) in [6.07, 6.45) is -0.688. The predicted molar refractivity (Wildman–Crippen MR) is 107 cm³/mol. The van der Waals surface area contributed by atoms with Gasteiger partial charge in [-0.2, -0.15) is 0 Å². The minimum absolute atomic E-state index is 0.203. The summed E-state index contributed by atoms with van der Waals surface area (Å²) >= 11 is 0. The minimum atomic E-state index is -0.688. The van der Waals surface area contributed by atoms with Crippen LogP contribution in [0.2, 0.25) is 0 Å². The number of phenolic OH excluding ortho intramolecular Hbond substituents is 2. The van der Waals surface area contributed by atoms with Crippen LogP contribution < -0.4 is 15.0 Å². The molecule has 3 aromatic rings. The number of hydrogen-bond donors (Lipinski definition) is 3. The summed E-state index contributed by atoms with van der Waals surface area (Å²) in [6, 6.07) is 19.1. The standard InChI is InChI=1S/C22H20N2O4/c1-2-28-15-12-10-14(11-13-15)24-21(17-7-5-9-19(25)20(17)26)23-18-8-4-3-6-16(18)22(24)27/h3-13,21,23,25-26H,2H2,1H3/t21-/m0/s1. The van der Waals surface area contributed by atoms with Crippen molar-refractivity contribution in [2.45, 2.75) is 13.1 Å². The number of hydrogen-bond acceptors (Lipinski definition) is 5. The molecule has 0 aliphatic carbocycles. The zero-order valence-corrected chi connectivity index (χ0v) is 15.3. The van der Waals surface area contributed by atoms with Crippen LogP contribution in [0, 0.1) is 0 Å². The average Bonchev–Trinajstić information content (AvgIpc) is 2.71. The summed E-state index contributed by atoms with van der Waals surface area (Å²) < 4.78 is 5.49.